The summed E-state index contributed by atoms with van der Waals surface area (Å²) in [6.45, 7) is 8.66. The monoisotopic (exact) mass is 389 g/mol. The molecule has 1 amide bonds. The third-order valence-corrected chi connectivity index (χ3v) is 6.59. The number of primary amides is 1. The van der Waals surface area contributed by atoms with Crippen molar-refractivity contribution < 1.29 is 9.53 Å². The van der Waals surface area contributed by atoms with Crippen molar-refractivity contribution in [3.05, 3.63) is 16.0 Å². The van der Waals surface area contributed by atoms with Gasteiger partial charge in [0.05, 0.1) is 24.3 Å². The van der Waals surface area contributed by atoms with E-state index in [1.54, 1.807) is 0 Å². The highest BCUT2D eigenvalue weighted by Gasteiger charge is 2.33. The molecule has 0 saturated carbocycles. The van der Waals surface area contributed by atoms with Gasteiger partial charge in [-0.05, 0) is 26.5 Å². The molecule has 2 aromatic rings. The fourth-order valence-corrected chi connectivity index (χ4v) is 5.08. The number of rotatable bonds is 3. The highest BCUT2D eigenvalue weighted by atomic mass is 32.1. The van der Waals surface area contributed by atoms with E-state index in [1.165, 1.54) is 16.9 Å². The Kier molecular flexibility index (Phi) is 4.52. The van der Waals surface area contributed by atoms with E-state index in [2.05, 4.69) is 30.7 Å². The van der Waals surface area contributed by atoms with Crippen LogP contribution in [-0.2, 0) is 29.0 Å². The Morgan fingerprint density at radius 2 is 1.96 bits per heavy atom. The van der Waals surface area contributed by atoms with Crippen LogP contribution in [0.25, 0.3) is 10.2 Å². The Labute approximate surface area is 163 Å². The number of aromatic nitrogens is 1. The molecular formula is C19H27N5O2S. The second-order valence-corrected chi connectivity index (χ2v) is 9.25. The van der Waals surface area contributed by atoms with Gasteiger partial charge in [0.15, 0.2) is 0 Å². The molecule has 2 aromatic heterocycles. The van der Waals surface area contributed by atoms with Crippen LogP contribution < -0.4 is 16.4 Å². The van der Waals surface area contributed by atoms with Crippen molar-refractivity contribution in [3.8, 4) is 0 Å². The number of fused-ring (bicyclic) bond motifs is 3. The maximum atomic E-state index is 11.5. The third kappa shape index (κ3) is 3.37. The first-order valence-electron chi connectivity index (χ1n) is 9.33. The van der Waals surface area contributed by atoms with E-state index in [0.29, 0.717) is 12.3 Å². The van der Waals surface area contributed by atoms with E-state index in [1.807, 2.05) is 0 Å². The van der Waals surface area contributed by atoms with Crippen LogP contribution in [0.5, 0.6) is 0 Å². The Hall–Kier alpha value is -1.90. The number of pyridine rings is 1. The maximum Gasteiger partial charge on any atom is 0.222 e. The second kappa shape index (κ2) is 6.61. The summed E-state index contributed by atoms with van der Waals surface area (Å²) in [5.41, 5.74) is 14.6. The van der Waals surface area contributed by atoms with E-state index in [-0.39, 0.29) is 17.9 Å². The molecule has 0 aromatic carbocycles. The van der Waals surface area contributed by atoms with Gasteiger partial charge >= 0.3 is 0 Å². The number of carbonyl (C=O) groups is 1. The Bertz CT molecular complexity index is 899. The van der Waals surface area contributed by atoms with Crippen molar-refractivity contribution in [1.29, 1.82) is 0 Å². The number of nitrogens with zero attached hydrogens (tertiary/aromatic N) is 3. The first kappa shape index (κ1) is 18.5. The summed E-state index contributed by atoms with van der Waals surface area (Å²) in [6.07, 6.45) is 0.935. The zero-order valence-electron chi connectivity index (χ0n) is 16.2. The molecule has 0 radical (unpaired) electrons. The van der Waals surface area contributed by atoms with Crippen LogP contribution in [0.2, 0.25) is 0 Å². The SMILES string of the molecule is CN1CCN(c2nc3sc(CC(N)=O)c(N)c3c3c2COC(C)(C)C3)CC1. The molecule has 4 heterocycles. The number of hydrogen-bond acceptors (Lipinski definition) is 7. The van der Waals surface area contributed by atoms with Gasteiger partial charge in [0.25, 0.3) is 0 Å². The number of ether oxygens (including phenoxy) is 1. The van der Waals surface area contributed by atoms with Gasteiger partial charge in [-0.3, -0.25) is 4.79 Å². The molecule has 8 heteroatoms. The third-order valence-electron chi connectivity index (χ3n) is 5.49. The summed E-state index contributed by atoms with van der Waals surface area (Å²) in [5.74, 6) is 0.637. The minimum atomic E-state index is -0.370. The molecule has 4 rings (SSSR count). The first-order chi connectivity index (χ1) is 12.7. The standard InChI is InChI=1S/C19H27N5O2S/c1-19(2)9-11-12(10-26-19)17(24-6-4-23(3)5-7-24)22-18-15(11)16(21)13(27-18)8-14(20)25/h4-10,21H2,1-3H3,(H2,20,25). The van der Waals surface area contributed by atoms with E-state index >= 15 is 0 Å². The van der Waals surface area contributed by atoms with Gasteiger partial charge in [0.2, 0.25) is 5.91 Å². The lowest BCUT2D eigenvalue weighted by Gasteiger charge is -2.38. The Balaban J connectivity index is 1.88. The normalized spacial score (nSPS) is 20.0. The van der Waals surface area contributed by atoms with Gasteiger partial charge in [0, 0.05) is 48.4 Å². The molecule has 4 N–H and O–H groups in total. The van der Waals surface area contributed by atoms with Crippen LogP contribution in [0.1, 0.15) is 29.9 Å². The molecule has 2 aliphatic rings. The fraction of sp³-hybridized carbons (Fsp3) is 0.579. The average Bonchev–Trinajstić information content (AvgIpc) is 2.89. The van der Waals surface area contributed by atoms with Gasteiger partial charge in [0.1, 0.15) is 10.6 Å². The lowest BCUT2D eigenvalue weighted by molar-refractivity contribution is -0.117. The molecule has 0 bridgehead atoms. The second-order valence-electron chi connectivity index (χ2n) is 8.17. The van der Waals surface area contributed by atoms with Crippen LogP contribution in [0, 0.1) is 0 Å². The Morgan fingerprint density at radius 3 is 2.63 bits per heavy atom. The van der Waals surface area contributed by atoms with Gasteiger partial charge in [-0.15, -0.1) is 11.3 Å². The highest BCUT2D eigenvalue weighted by molar-refractivity contribution is 7.19. The zero-order chi connectivity index (χ0) is 19.3. The first-order valence-corrected chi connectivity index (χ1v) is 10.1. The average molecular weight is 390 g/mol. The van der Waals surface area contributed by atoms with E-state index in [9.17, 15) is 4.79 Å². The largest absolute Gasteiger partial charge is 0.397 e. The summed E-state index contributed by atoms with van der Waals surface area (Å²) >= 11 is 1.49. The van der Waals surface area contributed by atoms with E-state index in [0.717, 1.165) is 59.1 Å². The van der Waals surface area contributed by atoms with E-state index in [4.69, 9.17) is 21.2 Å². The molecule has 7 nitrogen and oxygen atoms in total. The van der Waals surface area contributed by atoms with Crippen molar-refractivity contribution >= 4 is 39.0 Å². The number of nitrogen functional groups attached to an aromatic ring is 1. The highest BCUT2D eigenvalue weighted by Crippen LogP contribution is 2.43. The van der Waals surface area contributed by atoms with Crippen LogP contribution in [-0.4, -0.2) is 54.6 Å². The quantitative estimate of drug-likeness (QED) is 0.826. The van der Waals surface area contributed by atoms with E-state index < -0.39 is 0 Å². The predicted octanol–water partition coefficient (Wildman–Crippen LogP) is 1.51. The molecule has 146 valence electrons. The lowest BCUT2D eigenvalue weighted by Crippen LogP contribution is -2.45. The number of nitrogens with two attached hydrogens (primary N) is 2. The van der Waals surface area contributed by atoms with Gasteiger partial charge in [-0.1, -0.05) is 0 Å². The fourth-order valence-electron chi connectivity index (χ4n) is 3.96. The van der Waals surface area contributed by atoms with Crippen LogP contribution >= 0.6 is 11.3 Å². The van der Waals surface area contributed by atoms with Crippen molar-refractivity contribution in [3.63, 3.8) is 0 Å². The minimum Gasteiger partial charge on any atom is -0.397 e. The molecule has 0 spiro atoms. The number of piperazine rings is 1. The van der Waals surface area contributed by atoms with Crippen LogP contribution in [0.4, 0.5) is 11.5 Å². The molecule has 0 aliphatic carbocycles. The van der Waals surface area contributed by atoms with Crippen molar-refractivity contribution in [2.45, 2.75) is 38.9 Å². The summed E-state index contributed by atoms with van der Waals surface area (Å²) in [7, 11) is 2.14. The summed E-state index contributed by atoms with van der Waals surface area (Å²) < 4.78 is 6.12. The summed E-state index contributed by atoms with van der Waals surface area (Å²) in [4.78, 5) is 22.8. The molecular weight excluding hydrogens is 362 g/mol. The van der Waals surface area contributed by atoms with Crippen LogP contribution in [0.3, 0.4) is 0 Å². The van der Waals surface area contributed by atoms with Crippen LogP contribution in [0.15, 0.2) is 0 Å². The number of hydrogen-bond donors (Lipinski definition) is 2. The smallest absolute Gasteiger partial charge is 0.222 e. The van der Waals surface area contributed by atoms with Gasteiger partial charge in [-0.2, -0.15) is 0 Å². The molecule has 2 aliphatic heterocycles. The summed E-state index contributed by atoms with van der Waals surface area (Å²) in [6, 6.07) is 0. The molecule has 1 saturated heterocycles. The number of thiophene rings is 1. The van der Waals surface area contributed by atoms with Gasteiger partial charge < -0.3 is 26.0 Å². The molecule has 0 unspecified atom stereocenters. The lowest BCUT2D eigenvalue weighted by atomic mass is 9.89. The number of anilines is 2. The number of carbonyl (C=O) groups excluding carboxylic acids is 1. The zero-order valence-corrected chi connectivity index (χ0v) is 17.0. The molecule has 0 atom stereocenters. The number of amides is 1. The van der Waals surface area contributed by atoms with Crippen molar-refractivity contribution in [2.24, 2.45) is 5.73 Å². The van der Waals surface area contributed by atoms with Gasteiger partial charge in [-0.25, -0.2) is 4.98 Å². The molecule has 27 heavy (non-hydrogen) atoms. The Morgan fingerprint density at radius 1 is 1.26 bits per heavy atom. The maximum absolute atomic E-state index is 11.5. The predicted molar refractivity (Wildman–Crippen MR) is 109 cm³/mol. The number of likely N-dealkylation sites (N-methyl/N-ethyl adjacent to an activating group) is 1. The van der Waals surface area contributed by atoms with Crippen molar-refractivity contribution in [1.82, 2.24) is 9.88 Å². The summed E-state index contributed by atoms with van der Waals surface area (Å²) in [5, 5.41) is 0.987. The molecule has 1 fully saturated rings. The topological polar surface area (TPSA) is 97.7 Å². The van der Waals surface area contributed by atoms with Crippen molar-refractivity contribution in [2.75, 3.05) is 43.9 Å². The minimum absolute atomic E-state index is 0.158.